The summed E-state index contributed by atoms with van der Waals surface area (Å²) in [5.74, 6) is -0.113. The van der Waals surface area contributed by atoms with Crippen molar-refractivity contribution in [3.8, 4) is 0 Å². The van der Waals surface area contributed by atoms with Crippen molar-refractivity contribution in [1.82, 2.24) is 10.3 Å². The van der Waals surface area contributed by atoms with Crippen LogP contribution < -0.4 is 5.32 Å². The van der Waals surface area contributed by atoms with Crippen LogP contribution in [0.4, 0.5) is 0 Å². The van der Waals surface area contributed by atoms with E-state index in [1.807, 2.05) is 24.3 Å². The van der Waals surface area contributed by atoms with E-state index in [1.54, 1.807) is 12.3 Å². The number of carbonyl (C=O) groups is 1. The Morgan fingerprint density at radius 3 is 2.53 bits per heavy atom. The van der Waals surface area contributed by atoms with Crippen LogP contribution in [0.1, 0.15) is 21.6 Å². The lowest BCUT2D eigenvalue weighted by Gasteiger charge is -2.05. The summed E-state index contributed by atoms with van der Waals surface area (Å²) in [5, 5.41) is 11.8. The molecule has 0 spiro atoms. The van der Waals surface area contributed by atoms with Gasteiger partial charge in [-0.1, -0.05) is 24.3 Å². The van der Waals surface area contributed by atoms with Gasteiger partial charge in [0.2, 0.25) is 0 Å². The highest BCUT2D eigenvalue weighted by Crippen LogP contribution is 2.10. The molecule has 4 nitrogen and oxygen atoms in total. The van der Waals surface area contributed by atoms with Crippen LogP contribution in [0.2, 0.25) is 0 Å². The molecule has 0 atom stereocenters. The Balaban J connectivity index is 1.81. The van der Waals surface area contributed by atoms with Crippen molar-refractivity contribution in [3.63, 3.8) is 0 Å². The molecule has 3 N–H and O–H groups in total. The number of hydrogen-bond acceptors (Lipinski definition) is 2. The van der Waals surface area contributed by atoms with E-state index in [0.29, 0.717) is 12.2 Å². The molecule has 0 aliphatic carbocycles. The fourth-order valence-corrected chi connectivity index (χ4v) is 2.07. The maximum absolute atomic E-state index is 11.8. The van der Waals surface area contributed by atoms with Gasteiger partial charge in [-0.2, -0.15) is 0 Å². The number of halogens is 1. The van der Waals surface area contributed by atoms with E-state index in [9.17, 15) is 4.79 Å². The Labute approximate surface area is 120 Å². The molecule has 100 valence electrons. The van der Waals surface area contributed by atoms with Crippen LogP contribution in [0, 0.1) is 0 Å². The lowest BCUT2D eigenvalue weighted by molar-refractivity contribution is 0.0950. The first-order valence-corrected chi connectivity index (χ1v) is 6.79. The summed E-state index contributed by atoms with van der Waals surface area (Å²) in [7, 11) is 0. The van der Waals surface area contributed by atoms with Gasteiger partial charge >= 0.3 is 0 Å². The number of nitrogens with one attached hydrogen (secondary N) is 2. The van der Waals surface area contributed by atoms with Crippen LogP contribution in [0.25, 0.3) is 0 Å². The largest absolute Gasteiger partial charge is 0.392 e. The molecule has 0 aliphatic rings. The topological polar surface area (TPSA) is 65.1 Å². The predicted octanol–water partition coefficient (Wildman–Crippen LogP) is 2.24. The minimum absolute atomic E-state index is 0.0543. The van der Waals surface area contributed by atoms with Crippen LogP contribution in [0.15, 0.2) is 41.0 Å². The predicted molar refractivity (Wildman–Crippen MR) is 76.9 cm³/mol. The van der Waals surface area contributed by atoms with E-state index in [1.165, 1.54) is 0 Å². The van der Waals surface area contributed by atoms with Gasteiger partial charge in [-0.25, -0.2) is 0 Å². The Kier molecular flexibility index (Phi) is 4.76. The standard InChI is InChI=1S/C14H15BrN2O2/c15-12-7-13(17-8-12)14(19)16-6-5-10-1-3-11(9-18)4-2-10/h1-4,7-8,17-18H,5-6,9H2,(H,16,19). The van der Waals surface area contributed by atoms with Gasteiger partial charge < -0.3 is 15.4 Å². The lowest BCUT2D eigenvalue weighted by atomic mass is 10.1. The van der Waals surface area contributed by atoms with Gasteiger partial charge in [0.15, 0.2) is 0 Å². The zero-order valence-electron chi connectivity index (χ0n) is 10.3. The van der Waals surface area contributed by atoms with Gasteiger partial charge in [0, 0.05) is 17.2 Å². The molecule has 0 bridgehead atoms. The highest BCUT2D eigenvalue weighted by Gasteiger charge is 2.06. The van der Waals surface area contributed by atoms with E-state index < -0.39 is 0 Å². The average molecular weight is 323 g/mol. The Bertz CT molecular complexity index is 549. The van der Waals surface area contributed by atoms with E-state index in [4.69, 9.17) is 5.11 Å². The summed E-state index contributed by atoms with van der Waals surface area (Å²) in [6, 6.07) is 9.44. The monoisotopic (exact) mass is 322 g/mol. The molecule has 1 amide bonds. The fraction of sp³-hybridized carbons (Fsp3) is 0.214. The number of benzene rings is 1. The fourth-order valence-electron chi connectivity index (χ4n) is 1.73. The second kappa shape index (κ2) is 6.54. The van der Waals surface area contributed by atoms with Crippen molar-refractivity contribution in [2.45, 2.75) is 13.0 Å². The van der Waals surface area contributed by atoms with E-state index in [0.717, 1.165) is 22.0 Å². The van der Waals surface area contributed by atoms with Gasteiger partial charge in [0.1, 0.15) is 5.69 Å². The number of rotatable bonds is 5. The smallest absolute Gasteiger partial charge is 0.267 e. The number of carbonyl (C=O) groups excluding carboxylic acids is 1. The summed E-state index contributed by atoms with van der Waals surface area (Å²) < 4.78 is 0.859. The molecule has 0 saturated carbocycles. The molecule has 2 aromatic rings. The molecule has 0 aliphatic heterocycles. The summed E-state index contributed by atoms with van der Waals surface area (Å²) in [5.41, 5.74) is 2.57. The van der Waals surface area contributed by atoms with Crippen LogP contribution >= 0.6 is 15.9 Å². The number of aliphatic hydroxyl groups excluding tert-OH is 1. The molecular weight excluding hydrogens is 308 g/mol. The molecule has 5 heteroatoms. The van der Waals surface area contributed by atoms with Crippen LogP contribution in [-0.2, 0) is 13.0 Å². The minimum atomic E-state index is -0.113. The molecule has 0 radical (unpaired) electrons. The van der Waals surface area contributed by atoms with Crippen molar-refractivity contribution >= 4 is 21.8 Å². The molecule has 1 aromatic heterocycles. The molecule has 0 saturated heterocycles. The van der Waals surface area contributed by atoms with Gasteiger partial charge in [0.25, 0.3) is 5.91 Å². The summed E-state index contributed by atoms with van der Waals surface area (Å²) in [6.45, 7) is 0.632. The normalized spacial score (nSPS) is 10.4. The summed E-state index contributed by atoms with van der Waals surface area (Å²) in [4.78, 5) is 14.6. The summed E-state index contributed by atoms with van der Waals surface area (Å²) in [6.07, 6.45) is 2.49. The Hall–Kier alpha value is -1.59. The van der Waals surface area contributed by atoms with Crippen molar-refractivity contribution in [3.05, 3.63) is 57.8 Å². The maximum Gasteiger partial charge on any atom is 0.267 e. The second-order valence-corrected chi connectivity index (χ2v) is 5.13. The van der Waals surface area contributed by atoms with E-state index >= 15 is 0 Å². The highest BCUT2D eigenvalue weighted by molar-refractivity contribution is 9.10. The zero-order chi connectivity index (χ0) is 13.7. The molecule has 19 heavy (non-hydrogen) atoms. The molecule has 1 aromatic carbocycles. The van der Waals surface area contributed by atoms with Crippen LogP contribution in [-0.4, -0.2) is 22.5 Å². The molecule has 1 heterocycles. The first-order chi connectivity index (χ1) is 9.19. The first kappa shape index (κ1) is 13.8. The average Bonchev–Trinajstić information content (AvgIpc) is 2.86. The number of aliphatic hydroxyl groups is 1. The van der Waals surface area contributed by atoms with Crippen molar-refractivity contribution in [2.75, 3.05) is 6.54 Å². The van der Waals surface area contributed by atoms with Crippen molar-refractivity contribution < 1.29 is 9.90 Å². The lowest BCUT2D eigenvalue weighted by Crippen LogP contribution is -2.25. The van der Waals surface area contributed by atoms with Gasteiger partial charge in [-0.05, 0) is 39.5 Å². The van der Waals surface area contributed by atoms with Crippen LogP contribution in [0.5, 0.6) is 0 Å². The third kappa shape index (κ3) is 3.94. The SMILES string of the molecule is O=C(NCCc1ccc(CO)cc1)c1cc(Br)c[nH]1. The van der Waals surface area contributed by atoms with Gasteiger partial charge in [0.05, 0.1) is 6.61 Å². The molecular formula is C14H15BrN2O2. The molecule has 0 unspecified atom stereocenters. The zero-order valence-corrected chi connectivity index (χ0v) is 11.9. The minimum Gasteiger partial charge on any atom is -0.392 e. The maximum atomic E-state index is 11.8. The molecule has 2 rings (SSSR count). The number of hydrogen-bond donors (Lipinski definition) is 3. The number of amides is 1. The first-order valence-electron chi connectivity index (χ1n) is 6.00. The van der Waals surface area contributed by atoms with Crippen molar-refractivity contribution in [2.24, 2.45) is 0 Å². The van der Waals surface area contributed by atoms with E-state index in [2.05, 4.69) is 26.2 Å². The van der Waals surface area contributed by atoms with Gasteiger partial charge in [-0.15, -0.1) is 0 Å². The number of H-pyrrole nitrogens is 1. The summed E-state index contributed by atoms with van der Waals surface area (Å²) >= 11 is 3.29. The third-order valence-electron chi connectivity index (χ3n) is 2.80. The van der Waals surface area contributed by atoms with E-state index in [-0.39, 0.29) is 12.5 Å². The number of aromatic nitrogens is 1. The van der Waals surface area contributed by atoms with Crippen molar-refractivity contribution in [1.29, 1.82) is 0 Å². The second-order valence-electron chi connectivity index (χ2n) is 4.21. The quantitative estimate of drug-likeness (QED) is 0.790. The Morgan fingerprint density at radius 2 is 1.95 bits per heavy atom. The van der Waals surface area contributed by atoms with Crippen LogP contribution in [0.3, 0.4) is 0 Å². The third-order valence-corrected chi connectivity index (χ3v) is 3.26. The van der Waals surface area contributed by atoms with Gasteiger partial charge in [-0.3, -0.25) is 4.79 Å². The highest BCUT2D eigenvalue weighted by atomic mass is 79.9. The number of aromatic amines is 1. The molecule has 0 fully saturated rings. The Morgan fingerprint density at radius 1 is 1.26 bits per heavy atom.